The normalized spacial score (nSPS) is 10.5. The molecule has 0 aliphatic heterocycles. The van der Waals surface area contributed by atoms with Crippen LogP contribution in [0.25, 0.3) is 0 Å². The van der Waals surface area contributed by atoms with Crippen LogP contribution in [0.15, 0.2) is 51.3 Å². The van der Waals surface area contributed by atoms with Crippen LogP contribution in [0.4, 0.5) is 10.5 Å². The SMILES string of the molecule is COc1ccc(OC)c(Sc2ccc([N+](=O)[O-])cc2C=NNC(N)=O)c1. The van der Waals surface area contributed by atoms with Crippen molar-refractivity contribution in [2.75, 3.05) is 14.2 Å². The quantitative estimate of drug-likeness (QED) is 0.434. The summed E-state index contributed by atoms with van der Waals surface area (Å²) in [6, 6.07) is 8.79. The molecule has 0 aromatic heterocycles. The Labute approximate surface area is 153 Å². The molecule has 10 heteroatoms. The van der Waals surface area contributed by atoms with Crippen molar-refractivity contribution < 1.29 is 19.2 Å². The number of carbonyl (C=O) groups is 1. The molecule has 0 spiro atoms. The third-order valence-electron chi connectivity index (χ3n) is 3.17. The summed E-state index contributed by atoms with van der Waals surface area (Å²) in [5.41, 5.74) is 7.35. The Morgan fingerprint density at radius 3 is 2.62 bits per heavy atom. The first-order valence-corrected chi connectivity index (χ1v) is 8.03. The first-order valence-electron chi connectivity index (χ1n) is 7.21. The van der Waals surface area contributed by atoms with Gasteiger partial charge in [0.05, 0.1) is 30.3 Å². The van der Waals surface area contributed by atoms with E-state index < -0.39 is 11.0 Å². The molecule has 0 radical (unpaired) electrons. The van der Waals surface area contributed by atoms with Gasteiger partial charge in [-0.3, -0.25) is 10.1 Å². The second-order valence-electron chi connectivity index (χ2n) is 4.83. The number of urea groups is 1. The molecular formula is C16H16N4O5S. The summed E-state index contributed by atoms with van der Waals surface area (Å²) in [7, 11) is 3.09. The second kappa shape index (κ2) is 8.72. The monoisotopic (exact) mass is 376 g/mol. The van der Waals surface area contributed by atoms with Crippen LogP contribution in [0.5, 0.6) is 11.5 Å². The van der Waals surface area contributed by atoms with E-state index in [-0.39, 0.29) is 5.69 Å². The lowest BCUT2D eigenvalue weighted by Gasteiger charge is -2.11. The van der Waals surface area contributed by atoms with Gasteiger partial charge in [0, 0.05) is 22.6 Å². The molecule has 136 valence electrons. The van der Waals surface area contributed by atoms with Gasteiger partial charge in [0.15, 0.2) is 0 Å². The number of primary amides is 1. The van der Waals surface area contributed by atoms with Crippen molar-refractivity contribution in [1.29, 1.82) is 0 Å². The molecule has 0 heterocycles. The Bertz CT molecular complexity index is 857. The summed E-state index contributed by atoms with van der Waals surface area (Å²) in [5, 5.41) is 14.7. The van der Waals surface area contributed by atoms with E-state index >= 15 is 0 Å². The van der Waals surface area contributed by atoms with Crippen molar-refractivity contribution >= 4 is 29.7 Å². The Morgan fingerprint density at radius 2 is 2.00 bits per heavy atom. The zero-order valence-corrected chi connectivity index (χ0v) is 14.8. The highest BCUT2D eigenvalue weighted by atomic mass is 32.2. The summed E-state index contributed by atoms with van der Waals surface area (Å²) in [6.45, 7) is 0. The maximum absolute atomic E-state index is 11.0. The van der Waals surface area contributed by atoms with Crippen molar-refractivity contribution in [1.82, 2.24) is 5.43 Å². The molecule has 0 aliphatic rings. The van der Waals surface area contributed by atoms with Gasteiger partial charge in [-0.05, 0) is 24.3 Å². The second-order valence-corrected chi connectivity index (χ2v) is 5.92. The zero-order chi connectivity index (χ0) is 19.1. The molecule has 0 aliphatic carbocycles. The molecule has 0 bridgehead atoms. The van der Waals surface area contributed by atoms with Gasteiger partial charge < -0.3 is 15.2 Å². The molecule has 0 atom stereocenters. The van der Waals surface area contributed by atoms with Crippen LogP contribution in [-0.2, 0) is 0 Å². The van der Waals surface area contributed by atoms with Crippen molar-refractivity contribution in [3.8, 4) is 11.5 Å². The lowest BCUT2D eigenvalue weighted by molar-refractivity contribution is -0.384. The Kier molecular flexibility index (Phi) is 6.39. The van der Waals surface area contributed by atoms with Crippen LogP contribution in [0.2, 0.25) is 0 Å². The number of hydrazone groups is 1. The van der Waals surface area contributed by atoms with Gasteiger partial charge in [0.25, 0.3) is 5.69 Å². The Hall–Kier alpha value is -3.27. The van der Waals surface area contributed by atoms with E-state index in [2.05, 4.69) is 10.5 Å². The Balaban J connectivity index is 2.43. The van der Waals surface area contributed by atoms with Crippen LogP contribution < -0.4 is 20.6 Å². The average molecular weight is 376 g/mol. The highest BCUT2D eigenvalue weighted by Crippen LogP contribution is 2.39. The number of nitrogens with zero attached hydrogens (tertiary/aromatic N) is 2. The maximum atomic E-state index is 11.0. The summed E-state index contributed by atoms with van der Waals surface area (Å²) in [6.07, 6.45) is 1.28. The lowest BCUT2D eigenvalue weighted by atomic mass is 10.2. The molecule has 2 aromatic carbocycles. The van der Waals surface area contributed by atoms with E-state index in [1.807, 2.05) is 0 Å². The number of carbonyl (C=O) groups excluding carboxylic acids is 1. The van der Waals surface area contributed by atoms with E-state index in [1.54, 1.807) is 38.5 Å². The molecule has 0 saturated heterocycles. The van der Waals surface area contributed by atoms with Crippen LogP contribution in [0, 0.1) is 10.1 Å². The minimum absolute atomic E-state index is 0.104. The van der Waals surface area contributed by atoms with Crippen LogP contribution in [0.3, 0.4) is 0 Å². The van der Waals surface area contributed by atoms with E-state index in [4.69, 9.17) is 15.2 Å². The minimum Gasteiger partial charge on any atom is -0.497 e. The van der Waals surface area contributed by atoms with E-state index in [0.717, 1.165) is 4.90 Å². The topological polar surface area (TPSA) is 129 Å². The summed E-state index contributed by atoms with van der Waals surface area (Å²) < 4.78 is 10.6. The summed E-state index contributed by atoms with van der Waals surface area (Å²) >= 11 is 1.31. The number of nitro benzene ring substituents is 1. The molecule has 0 unspecified atom stereocenters. The van der Waals surface area contributed by atoms with Crippen molar-refractivity contribution in [2.45, 2.75) is 9.79 Å². The standard InChI is InChI=1S/C16H16N4O5S/c1-24-12-4-5-13(25-2)15(8-12)26-14-6-3-11(20(22)23)7-10(14)9-18-19-16(17)21/h3-9H,1-2H3,(H3,17,19,21). The smallest absolute Gasteiger partial charge is 0.332 e. The maximum Gasteiger partial charge on any atom is 0.332 e. The van der Waals surface area contributed by atoms with Gasteiger partial charge >= 0.3 is 6.03 Å². The third-order valence-corrected chi connectivity index (χ3v) is 4.30. The van der Waals surface area contributed by atoms with Crippen LogP contribution >= 0.6 is 11.8 Å². The number of hydrogen-bond acceptors (Lipinski definition) is 7. The first kappa shape index (κ1) is 19.1. The number of non-ortho nitro benzene ring substituents is 1. The molecule has 2 rings (SSSR count). The van der Waals surface area contributed by atoms with Crippen LogP contribution in [-0.4, -0.2) is 31.4 Å². The fourth-order valence-corrected chi connectivity index (χ4v) is 3.02. The van der Waals surface area contributed by atoms with Gasteiger partial charge in [0.2, 0.25) is 0 Å². The van der Waals surface area contributed by atoms with Crippen LogP contribution in [0.1, 0.15) is 5.56 Å². The fraction of sp³-hybridized carbons (Fsp3) is 0.125. The molecule has 26 heavy (non-hydrogen) atoms. The predicted octanol–water partition coefficient (Wildman–Crippen LogP) is 2.77. The zero-order valence-electron chi connectivity index (χ0n) is 14.0. The number of hydrogen-bond donors (Lipinski definition) is 2. The number of nitrogens with two attached hydrogens (primary N) is 1. The van der Waals surface area contributed by atoms with E-state index in [9.17, 15) is 14.9 Å². The van der Waals surface area contributed by atoms with Gasteiger partial charge in [-0.1, -0.05) is 11.8 Å². The van der Waals surface area contributed by atoms with Gasteiger partial charge in [0.1, 0.15) is 11.5 Å². The van der Waals surface area contributed by atoms with E-state index in [0.29, 0.717) is 22.0 Å². The van der Waals surface area contributed by atoms with Crippen molar-refractivity contribution in [3.05, 3.63) is 52.1 Å². The summed E-state index contributed by atoms with van der Waals surface area (Å²) in [4.78, 5) is 22.7. The number of benzene rings is 2. The number of nitro groups is 1. The molecule has 2 aromatic rings. The van der Waals surface area contributed by atoms with Gasteiger partial charge in [-0.2, -0.15) is 5.10 Å². The molecular weight excluding hydrogens is 360 g/mol. The first-order chi connectivity index (χ1) is 12.4. The third kappa shape index (κ3) is 4.86. The van der Waals surface area contributed by atoms with Crippen molar-refractivity contribution in [2.24, 2.45) is 10.8 Å². The number of amides is 2. The fourth-order valence-electron chi connectivity index (χ4n) is 1.99. The van der Waals surface area contributed by atoms with Crippen molar-refractivity contribution in [3.63, 3.8) is 0 Å². The van der Waals surface area contributed by atoms with Gasteiger partial charge in [-0.15, -0.1) is 0 Å². The number of ether oxygens (including phenoxy) is 2. The number of nitrogens with one attached hydrogen (secondary N) is 1. The molecule has 2 amide bonds. The largest absolute Gasteiger partial charge is 0.497 e. The molecule has 3 N–H and O–H groups in total. The summed E-state index contributed by atoms with van der Waals surface area (Å²) in [5.74, 6) is 1.26. The minimum atomic E-state index is -0.838. The highest BCUT2D eigenvalue weighted by molar-refractivity contribution is 7.99. The molecule has 9 nitrogen and oxygen atoms in total. The highest BCUT2D eigenvalue weighted by Gasteiger charge is 2.14. The number of methoxy groups -OCH3 is 2. The average Bonchev–Trinajstić information content (AvgIpc) is 2.62. The van der Waals surface area contributed by atoms with Gasteiger partial charge in [-0.25, -0.2) is 10.2 Å². The molecule has 0 saturated carbocycles. The molecule has 0 fully saturated rings. The number of rotatable bonds is 7. The lowest BCUT2D eigenvalue weighted by Crippen LogP contribution is -2.24. The predicted molar refractivity (Wildman–Crippen MR) is 97.1 cm³/mol. The Morgan fingerprint density at radius 1 is 1.23 bits per heavy atom. The van der Waals surface area contributed by atoms with E-state index in [1.165, 1.54) is 30.1 Å².